The van der Waals surface area contributed by atoms with E-state index >= 15 is 0 Å². The SMILES string of the molecule is O=C(Cl)N1CCC(O)(c2ccccn2)CC1. The number of carbonyl (C=O) groups excluding carboxylic acids is 1. The van der Waals surface area contributed by atoms with Crippen molar-refractivity contribution in [1.82, 2.24) is 9.88 Å². The van der Waals surface area contributed by atoms with Crippen LogP contribution in [0.4, 0.5) is 4.79 Å². The van der Waals surface area contributed by atoms with E-state index in [1.165, 1.54) is 4.90 Å². The van der Waals surface area contributed by atoms with Crippen molar-refractivity contribution in [3.8, 4) is 0 Å². The Balaban J connectivity index is 2.10. The van der Waals surface area contributed by atoms with Crippen molar-refractivity contribution < 1.29 is 9.90 Å². The highest BCUT2D eigenvalue weighted by Gasteiger charge is 2.35. The van der Waals surface area contributed by atoms with E-state index in [1.54, 1.807) is 12.3 Å². The molecule has 0 unspecified atom stereocenters. The van der Waals surface area contributed by atoms with Crippen LogP contribution in [-0.4, -0.2) is 33.4 Å². The van der Waals surface area contributed by atoms with Gasteiger partial charge in [-0.2, -0.15) is 0 Å². The van der Waals surface area contributed by atoms with E-state index in [0.717, 1.165) is 0 Å². The topological polar surface area (TPSA) is 53.4 Å². The summed E-state index contributed by atoms with van der Waals surface area (Å²) in [6.07, 6.45) is 2.61. The molecule has 1 aliphatic heterocycles. The van der Waals surface area contributed by atoms with Gasteiger partial charge in [0.2, 0.25) is 0 Å². The molecule has 0 spiro atoms. The van der Waals surface area contributed by atoms with Crippen molar-refractivity contribution in [3.05, 3.63) is 30.1 Å². The highest BCUT2D eigenvalue weighted by atomic mass is 35.5. The van der Waals surface area contributed by atoms with Crippen LogP contribution in [0.15, 0.2) is 24.4 Å². The van der Waals surface area contributed by atoms with Crippen LogP contribution in [0.1, 0.15) is 18.5 Å². The molecule has 1 N–H and O–H groups in total. The molecule has 1 fully saturated rings. The van der Waals surface area contributed by atoms with Crippen molar-refractivity contribution >= 4 is 17.0 Å². The molecule has 4 nitrogen and oxygen atoms in total. The Morgan fingerprint density at radius 2 is 2.12 bits per heavy atom. The first-order chi connectivity index (χ1) is 7.62. The molecule has 2 heterocycles. The fraction of sp³-hybridized carbons (Fsp3) is 0.455. The lowest BCUT2D eigenvalue weighted by atomic mass is 9.88. The Morgan fingerprint density at radius 1 is 1.44 bits per heavy atom. The lowest BCUT2D eigenvalue weighted by molar-refractivity contribution is -0.0184. The van der Waals surface area contributed by atoms with E-state index < -0.39 is 11.0 Å². The summed E-state index contributed by atoms with van der Waals surface area (Å²) in [6, 6.07) is 5.46. The molecule has 1 aromatic rings. The van der Waals surface area contributed by atoms with Crippen LogP contribution in [0.2, 0.25) is 0 Å². The van der Waals surface area contributed by atoms with Gasteiger partial charge in [0.05, 0.1) is 5.69 Å². The smallest absolute Gasteiger partial charge is 0.316 e. The highest BCUT2D eigenvalue weighted by Crippen LogP contribution is 2.31. The summed E-state index contributed by atoms with van der Waals surface area (Å²) in [5.74, 6) is 0. The van der Waals surface area contributed by atoms with Gasteiger partial charge in [-0.05, 0) is 36.6 Å². The van der Waals surface area contributed by atoms with Crippen LogP contribution in [0.5, 0.6) is 0 Å². The summed E-state index contributed by atoms with van der Waals surface area (Å²) >= 11 is 5.39. The van der Waals surface area contributed by atoms with Crippen LogP contribution in [0.3, 0.4) is 0 Å². The number of nitrogens with zero attached hydrogens (tertiary/aromatic N) is 2. The van der Waals surface area contributed by atoms with Crippen molar-refractivity contribution in [2.45, 2.75) is 18.4 Å². The van der Waals surface area contributed by atoms with Gasteiger partial charge in [-0.15, -0.1) is 0 Å². The Bertz CT molecular complexity index is 375. The summed E-state index contributed by atoms with van der Waals surface area (Å²) in [5.41, 5.74) is -0.263. The molecule has 2 rings (SSSR count). The molecule has 1 saturated heterocycles. The molecule has 1 amide bonds. The van der Waals surface area contributed by atoms with Gasteiger partial charge in [-0.3, -0.25) is 9.78 Å². The molecule has 0 aliphatic carbocycles. The summed E-state index contributed by atoms with van der Waals surface area (Å²) in [7, 11) is 0. The number of carbonyl (C=O) groups is 1. The van der Waals surface area contributed by atoms with Gasteiger partial charge in [0.15, 0.2) is 0 Å². The molecule has 16 heavy (non-hydrogen) atoms. The van der Waals surface area contributed by atoms with E-state index in [1.807, 2.05) is 12.1 Å². The largest absolute Gasteiger partial charge is 0.383 e. The van der Waals surface area contributed by atoms with Gasteiger partial charge in [0.25, 0.3) is 0 Å². The third-order valence-corrected chi connectivity index (χ3v) is 3.22. The zero-order valence-electron chi connectivity index (χ0n) is 8.77. The van der Waals surface area contributed by atoms with Gasteiger partial charge in [0.1, 0.15) is 5.60 Å². The molecule has 0 bridgehead atoms. The van der Waals surface area contributed by atoms with Crippen LogP contribution < -0.4 is 0 Å². The molecule has 0 radical (unpaired) electrons. The van der Waals surface area contributed by atoms with Gasteiger partial charge in [-0.25, -0.2) is 0 Å². The lowest BCUT2D eigenvalue weighted by Gasteiger charge is -2.36. The second-order valence-electron chi connectivity index (χ2n) is 3.99. The number of likely N-dealkylation sites (tertiary alicyclic amines) is 1. The van der Waals surface area contributed by atoms with E-state index in [2.05, 4.69) is 4.98 Å². The maximum atomic E-state index is 10.9. The summed E-state index contributed by atoms with van der Waals surface area (Å²) in [5, 5.41) is 9.94. The Labute approximate surface area is 98.9 Å². The molecule has 0 saturated carbocycles. The maximum Gasteiger partial charge on any atom is 0.316 e. The lowest BCUT2D eigenvalue weighted by Crippen LogP contribution is -2.43. The number of amides is 1. The summed E-state index contributed by atoms with van der Waals surface area (Å²) in [6.45, 7) is 0.935. The number of hydrogen-bond acceptors (Lipinski definition) is 3. The summed E-state index contributed by atoms with van der Waals surface area (Å²) in [4.78, 5) is 16.6. The molecule has 0 atom stereocenters. The molecule has 86 valence electrons. The average Bonchev–Trinajstić information content (AvgIpc) is 2.31. The standard InChI is InChI=1S/C11H13ClN2O2/c12-10(15)14-7-4-11(16,5-8-14)9-3-1-2-6-13-9/h1-3,6,16H,4-5,7-8H2. The minimum atomic E-state index is -0.926. The predicted octanol–water partition coefficient (Wildman–Crippen LogP) is 1.72. The Kier molecular flexibility index (Phi) is 3.12. The van der Waals surface area contributed by atoms with E-state index in [0.29, 0.717) is 31.6 Å². The van der Waals surface area contributed by atoms with Gasteiger partial charge >= 0.3 is 5.37 Å². The zero-order valence-corrected chi connectivity index (χ0v) is 9.52. The van der Waals surface area contributed by atoms with Crippen LogP contribution in [-0.2, 0) is 5.60 Å². The van der Waals surface area contributed by atoms with Gasteiger partial charge in [-0.1, -0.05) is 6.07 Å². The van der Waals surface area contributed by atoms with E-state index in [9.17, 15) is 9.90 Å². The molecule has 1 aliphatic rings. The minimum absolute atomic E-state index is 0.455. The number of halogens is 1. The number of hydrogen-bond donors (Lipinski definition) is 1. The van der Waals surface area contributed by atoms with Crippen LogP contribution in [0, 0.1) is 0 Å². The fourth-order valence-electron chi connectivity index (χ4n) is 1.95. The first-order valence-corrected chi connectivity index (χ1v) is 5.58. The van der Waals surface area contributed by atoms with Crippen molar-refractivity contribution in [3.63, 3.8) is 0 Å². The van der Waals surface area contributed by atoms with Crippen molar-refractivity contribution in [2.24, 2.45) is 0 Å². The molecular formula is C11H13ClN2O2. The molecule has 1 aromatic heterocycles. The fourth-order valence-corrected chi connectivity index (χ4v) is 2.12. The number of pyridine rings is 1. The van der Waals surface area contributed by atoms with Crippen molar-refractivity contribution in [1.29, 1.82) is 0 Å². The van der Waals surface area contributed by atoms with Crippen molar-refractivity contribution in [2.75, 3.05) is 13.1 Å². The number of rotatable bonds is 1. The van der Waals surface area contributed by atoms with E-state index in [4.69, 9.17) is 11.6 Å². The monoisotopic (exact) mass is 240 g/mol. The third-order valence-electron chi connectivity index (χ3n) is 2.98. The third kappa shape index (κ3) is 2.18. The molecule has 5 heteroatoms. The first-order valence-electron chi connectivity index (χ1n) is 5.20. The summed E-state index contributed by atoms with van der Waals surface area (Å²) < 4.78 is 0. The van der Waals surface area contributed by atoms with Gasteiger partial charge in [0, 0.05) is 19.3 Å². The Hall–Kier alpha value is -1.13. The second kappa shape index (κ2) is 4.39. The number of aromatic nitrogens is 1. The minimum Gasteiger partial charge on any atom is -0.383 e. The van der Waals surface area contributed by atoms with Crippen LogP contribution >= 0.6 is 11.6 Å². The van der Waals surface area contributed by atoms with Gasteiger partial charge < -0.3 is 10.0 Å². The maximum absolute atomic E-state index is 10.9. The number of aliphatic hydroxyl groups is 1. The average molecular weight is 241 g/mol. The Morgan fingerprint density at radius 3 is 2.62 bits per heavy atom. The predicted molar refractivity (Wildman–Crippen MR) is 60.2 cm³/mol. The molecular weight excluding hydrogens is 228 g/mol. The highest BCUT2D eigenvalue weighted by molar-refractivity contribution is 6.62. The number of piperidine rings is 1. The first kappa shape index (κ1) is 11.4. The normalized spacial score (nSPS) is 19.5. The van der Waals surface area contributed by atoms with E-state index in [-0.39, 0.29) is 0 Å². The van der Waals surface area contributed by atoms with Crippen LogP contribution in [0.25, 0.3) is 0 Å². The zero-order chi connectivity index (χ0) is 11.6. The molecule has 0 aromatic carbocycles. The second-order valence-corrected chi connectivity index (χ2v) is 4.31. The quantitative estimate of drug-likeness (QED) is 0.601.